The van der Waals surface area contributed by atoms with E-state index in [-0.39, 0.29) is 10.8 Å². The third-order valence-corrected chi connectivity index (χ3v) is 7.51. The predicted molar refractivity (Wildman–Crippen MR) is 108 cm³/mol. The number of nitrogens with zero attached hydrogens (tertiary/aromatic N) is 3. The Balaban J connectivity index is 1.60. The Kier molecular flexibility index (Phi) is 4.97. The van der Waals surface area contributed by atoms with Gasteiger partial charge in [-0.05, 0) is 53.0 Å². The van der Waals surface area contributed by atoms with Gasteiger partial charge < -0.3 is 0 Å². The van der Waals surface area contributed by atoms with Gasteiger partial charge in [-0.3, -0.25) is 15.1 Å². The second-order valence-electron chi connectivity index (χ2n) is 6.11. The van der Waals surface area contributed by atoms with Crippen LogP contribution in [0, 0.1) is 0 Å². The highest BCUT2D eigenvalue weighted by Gasteiger charge is 2.27. The van der Waals surface area contributed by atoms with Gasteiger partial charge in [0.15, 0.2) is 5.13 Å². The Hall–Kier alpha value is -1.88. The van der Waals surface area contributed by atoms with Crippen molar-refractivity contribution in [2.45, 2.75) is 17.7 Å². The van der Waals surface area contributed by atoms with Crippen LogP contribution in [0.4, 0.5) is 5.13 Å². The quantitative estimate of drug-likeness (QED) is 0.634. The van der Waals surface area contributed by atoms with Crippen LogP contribution in [0.3, 0.4) is 0 Å². The number of aromatic nitrogens is 2. The first kappa shape index (κ1) is 18.5. The van der Waals surface area contributed by atoms with Crippen molar-refractivity contribution < 1.29 is 13.2 Å². The molecule has 27 heavy (non-hydrogen) atoms. The molecule has 7 nitrogen and oxygen atoms in total. The number of rotatable bonds is 4. The Labute approximate surface area is 168 Å². The lowest BCUT2D eigenvalue weighted by atomic mass is 10.3. The van der Waals surface area contributed by atoms with E-state index in [1.807, 2.05) is 0 Å². The maximum atomic E-state index is 12.7. The number of amides is 1. The third-order valence-electron chi connectivity index (χ3n) is 4.25. The maximum absolute atomic E-state index is 12.7. The minimum absolute atomic E-state index is 0.259. The van der Waals surface area contributed by atoms with Crippen molar-refractivity contribution in [1.82, 2.24) is 14.3 Å². The van der Waals surface area contributed by atoms with Crippen LogP contribution in [-0.4, -0.2) is 41.7 Å². The molecule has 1 N–H and O–H groups in total. The number of hydrogen-bond acceptors (Lipinski definition) is 6. The second-order valence-corrected chi connectivity index (χ2v) is 9.99. The monoisotopic (exact) mass is 466 g/mol. The Bertz CT molecular complexity index is 1120. The molecule has 1 saturated heterocycles. The summed E-state index contributed by atoms with van der Waals surface area (Å²) >= 11 is 4.52. The highest BCUT2D eigenvalue weighted by Crippen LogP contribution is 2.30. The summed E-state index contributed by atoms with van der Waals surface area (Å²) in [5.74, 6) is -0.326. The number of pyridine rings is 1. The molecule has 10 heteroatoms. The molecule has 1 aromatic carbocycles. The number of nitrogens with one attached hydrogen (secondary N) is 1. The van der Waals surface area contributed by atoms with E-state index >= 15 is 0 Å². The van der Waals surface area contributed by atoms with Crippen molar-refractivity contribution in [3.63, 3.8) is 0 Å². The van der Waals surface area contributed by atoms with E-state index < -0.39 is 10.0 Å². The van der Waals surface area contributed by atoms with E-state index in [9.17, 15) is 13.2 Å². The molecule has 0 spiro atoms. The lowest BCUT2D eigenvalue weighted by molar-refractivity contribution is 0.102. The molecule has 1 aliphatic heterocycles. The highest BCUT2D eigenvalue weighted by atomic mass is 79.9. The number of benzene rings is 1. The van der Waals surface area contributed by atoms with Crippen LogP contribution in [0.1, 0.15) is 23.2 Å². The van der Waals surface area contributed by atoms with Crippen LogP contribution < -0.4 is 5.32 Å². The first-order valence-electron chi connectivity index (χ1n) is 8.26. The van der Waals surface area contributed by atoms with Crippen molar-refractivity contribution in [2.24, 2.45) is 0 Å². The van der Waals surface area contributed by atoms with E-state index in [1.54, 1.807) is 30.5 Å². The number of sulfonamides is 1. The van der Waals surface area contributed by atoms with Gasteiger partial charge in [0.2, 0.25) is 10.0 Å². The molecule has 0 unspecified atom stereocenters. The van der Waals surface area contributed by atoms with Crippen molar-refractivity contribution >= 4 is 58.5 Å². The lowest BCUT2D eigenvalue weighted by Gasteiger charge is -2.15. The number of fused-ring (bicyclic) bond motifs is 1. The number of thiazole rings is 1. The minimum Gasteiger partial charge on any atom is -0.298 e. The fourth-order valence-corrected chi connectivity index (χ4v) is 5.79. The number of anilines is 1. The van der Waals surface area contributed by atoms with Crippen LogP contribution in [0.2, 0.25) is 0 Å². The topological polar surface area (TPSA) is 92.3 Å². The number of halogens is 1. The molecular weight excluding hydrogens is 452 g/mol. The summed E-state index contributed by atoms with van der Waals surface area (Å²) in [4.78, 5) is 20.9. The summed E-state index contributed by atoms with van der Waals surface area (Å²) in [6.07, 6.45) is 4.84. The normalized spacial score (nSPS) is 15.3. The van der Waals surface area contributed by atoms with Gasteiger partial charge in [-0.2, -0.15) is 4.31 Å². The van der Waals surface area contributed by atoms with E-state index in [2.05, 4.69) is 31.2 Å². The molecule has 3 heterocycles. The number of carbonyl (C=O) groups excluding carboxylic acids is 1. The summed E-state index contributed by atoms with van der Waals surface area (Å²) < 4.78 is 28.3. The van der Waals surface area contributed by atoms with Gasteiger partial charge >= 0.3 is 0 Å². The number of carbonyl (C=O) groups is 1. The summed E-state index contributed by atoms with van der Waals surface area (Å²) in [7, 11) is -3.48. The summed E-state index contributed by atoms with van der Waals surface area (Å²) in [6.45, 7) is 1.12. The van der Waals surface area contributed by atoms with Crippen molar-refractivity contribution in [3.05, 3.63) is 46.7 Å². The molecule has 1 amide bonds. The average Bonchev–Trinajstić information content (AvgIpc) is 3.30. The van der Waals surface area contributed by atoms with Gasteiger partial charge in [0.05, 0.1) is 20.7 Å². The maximum Gasteiger partial charge on any atom is 0.259 e. The molecular formula is C17H15BrN4O3S2. The zero-order valence-electron chi connectivity index (χ0n) is 14.1. The molecule has 4 rings (SSSR count). The molecule has 0 atom stereocenters. The summed E-state index contributed by atoms with van der Waals surface area (Å²) in [5.41, 5.74) is 1.05. The van der Waals surface area contributed by atoms with Crippen molar-refractivity contribution in [2.75, 3.05) is 18.4 Å². The summed E-state index contributed by atoms with van der Waals surface area (Å²) in [6, 6.07) is 6.53. The average molecular weight is 467 g/mol. The smallest absolute Gasteiger partial charge is 0.259 e. The van der Waals surface area contributed by atoms with Gasteiger partial charge in [-0.25, -0.2) is 13.4 Å². The van der Waals surface area contributed by atoms with Crippen molar-refractivity contribution in [1.29, 1.82) is 0 Å². The van der Waals surface area contributed by atoms with E-state index in [0.29, 0.717) is 38.5 Å². The van der Waals surface area contributed by atoms with Gasteiger partial charge in [0.1, 0.15) is 0 Å². The standard InChI is InChI=1S/C17H15BrN4O3S2/c18-12-7-11(9-19-10-12)16(23)21-17-20-14-4-3-13(8-15(14)26-17)27(24,25)22-5-1-2-6-22/h3-4,7-10H,1-2,5-6H2,(H,20,21,23). The molecule has 0 bridgehead atoms. The Morgan fingerprint density at radius 2 is 1.96 bits per heavy atom. The molecule has 3 aromatic rings. The first-order chi connectivity index (χ1) is 12.9. The predicted octanol–water partition coefficient (Wildman–Crippen LogP) is 3.49. The minimum atomic E-state index is -3.48. The molecule has 140 valence electrons. The van der Waals surface area contributed by atoms with Crippen LogP contribution >= 0.6 is 27.3 Å². The fraction of sp³-hybridized carbons (Fsp3) is 0.235. The lowest BCUT2D eigenvalue weighted by Crippen LogP contribution is -2.27. The fourth-order valence-electron chi connectivity index (χ4n) is 2.90. The van der Waals surface area contributed by atoms with E-state index in [4.69, 9.17) is 0 Å². The Morgan fingerprint density at radius 1 is 1.19 bits per heavy atom. The van der Waals surface area contributed by atoms with E-state index in [0.717, 1.165) is 12.8 Å². The summed E-state index contributed by atoms with van der Waals surface area (Å²) in [5, 5.41) is 3.14. The van der Waals surface area contributed by atoms with Crippen LogP contribution in [0.15, 0.2) is 46.0 Å². The van der Waals surface area contributed by atoms with Gasteiger partial charge in [0, 0.05) is 30.0 Å². The third kappa shape index (κ3) is 3.75. The van der Waals surface area contributed by atoms with Crippen LogP contribution in [-0.2, 0) is 10.0 Å². The SMILES string of the molecule is O=C(Nc1nc2ccc(S(=O)(=O)N3CCCC3)cc2s1)c1cncc(Br)c1. The van der Waals surface area contributed by atoms with Crippen molar-refractivity contribution in [3.8, 4) is 0 Å². The zero-order chi connectivity index (χ0) is 19.0. The van der Waals surface area contributed by atoms with Crippen LogP contribution in [0.5, 0.6) is 0 Å². The Morgan fingerprint density at radius 3 is 2.70 bits per heavy atom. The molecule has 0 saturated carbocycles. The molecule has 2 aromatic heterocycles. The zero-order valence-corrected chi connectivity index (χ0v) is 17.3. The molecule has 0 radical (unpaired) electrons. The molecule has 1 fully saturated rings. The highest BCUT2D eigenvalue weighted by molar-refractivity contribution is 9.10. The van der Waals surface area contributed by atoms with Gasteiger partial charge in [-0.1, -0.05) is 11.3 Å². The number of hydrogen-bond donors (Lipinski definition) is 1. The second kappa shape index (κ2) is 7.27. The van der Waals surface area contributed by atoms with Gasteiger partial charge in [-0.15, -0.1) is 0 Å². The molecule has 1 aliphatic rings. The van der Waals surface area contributed by atoms with Crippen LogP contribution in [0.25, 0.3) is 10.2 Å². The molecule has 0 aliphatic carbocycles. The first-order valence-corrected chi connectivity index (χ1v) is 11.3. The van der Waals surface area contributed by atoms with Gasteiger partial charge in [0.25, 0.3) is 5.91 Å². The largest absolute Gasteiger partial charge is 0.298 e. The van der Waals surface area contributed by atoms with E-state index in [1.165, 1.54) is 21.8 Å².